The quantitative estimate of drug-likeness (QED) is 0.655. The van der Waals surface area contributed by atoms with Crippen molar-refractivity contribution in [3.63, 3.8) is 0 Å². The number of nitrogens with zero attached hydrogens (tertiary/aromatic N) is 2. The van der Waals surface area contributed by atoms with E-state index in [1.807, 2.05) is 6.92 Å². The van der Waals surface area contributed by atoms with Gasteiger partial charge in [0, 0.05) is 36.9 Å². The van der Waals surface area contributed by atoms with E-state index < -0.39 is 0 Å². The number of aromatic nitrogens is 1. The fourth-order valence-corrected chi connectivity index (χ4v) is 2.25. The highest BCUT2D eigenvalue weighted by atomic mass is 32.2. The van der Waals surface area contributed by atoms with Crippen molar-refractivity contribution in [3.05, 3.63) is 11.1 Å². The zero-order valence-electron chi connectivity index (χ0n) is 7.20. The van der Waals surface area contributed by atoms with E-state index in [4.69, 9.17) is 0 Å². The smallest absolute Gasteiger partial charge is 0.288 e. The zero-order valence-corrected chi connectivity index (χ0v) is 8.83. The van der Waals surface area contributed by atoms with Crippen molar-refractivity contribution in [3.8, 4) is 0 Å². The predicted octanol–water partition coefficient (Wildman–Crippen LogP) is 2.23. The van der Waals surface area contributed by atoms with Crippen molar-refractivity contribution in [2.75, 3.05) is 14.1 Å². The summed E-state index contributed by atoms with van der Waals surface area (Å²) >= 11 is 2.70. The molecule has 0 unspecified atom stereocenters. The normalized spacial score (nSPS) is 9.92. The number of carbonyl (C=O) groups is 1. The minimum absolute atomic E-state index is 0.0179. The second-order valence-corrected chi connectivity index (χ2v) is 4.93. The SMILES string of the molecule is Cc1cnc(SC(=O)N(C)C)s1. The molecular weight excluding hydrogens is 192 g/mol. The lowest BCUT2D eigenvalue weighted by Crippen LogP contribution is -2.15. The van der Waals surface area contributed by atoms with Gasteiger partial charge in [-0.3, -0.25) is 4.79 Å². The topological polar surface area (TPSA) is 33.2 Å². The summed E-state index contributed by atoms with van der Waals surface area (Å²) in [6.07, 6.45) is 1.77. The van der Waals surface area contributed by atoms with E-state index in [0.717, 1.165) is 9.22 Å². The van der Waals surface area contributed by atoms with Gasteiger partial charge in [-0.25, -0.2) is 4.98 Å². The molecule has 1 heterocycles. The van der Waals surface area contributed by atoms with Crippen LogP contribution in [-0.2, 0) is 0 Å². The molecule has 1 rings (SSSR count). The van der Waals surface area contributed by atoms with Crippen LogP contribution >= 0.6 is 23.1 Å². The molecule has 12 heavy (non-hydrogen) atoms. The largest absolute Gasteiger partial charge is 0.339 e. The number of thiazole rings is 1. The Kier molecular flexibility index (Phi) is 3.11. The first-order valence-electron chi connectivity index (χ1n) is 3.41. The number of hydrogen-bond acceptors (Lipinski definition) is 4. The lowest BCUT2D eigenvalue weighted by molar-refractivity contribution is 0.241. The first-order valence-corrected chi connectivity index (χ1v) is 5.04. The van der Waals surface area contributed by atoms with E-state index in [0.29, 0.717) is 0 Å². The molecule has 0 bridgehead atoms. The van der Waals surface area contributed by atoms with Crippen LogP contribution in [0.3, 0.4) is 0 Å². The van der Waals surface area contributed by atoms with Gasteiger partial charge in [0.05, 0.1) is 0 Å². The molecule has 5 heteroatoms. The Morgan fingerprint density at radius 1 is 1.67 bits per heavy atom. The average molecular weight is 202 g/mol. The van der Waals surface area contributed by atoms with Crippen LogP contribution in [0.15, 0.2) is 10.5 Å². The monoisotopic (exact) mass is 202 g/mol. The summed E-state index contributed by atoms with van der Waals surface area (Å²) in [4.78, 5) is 17.9. The van der Waals surface area contributed by atoms with Gasteiger partial charge in [0.1, 0.15) is 0 Å². The van der Waals surface area contributed by atoms with Crippen LogP contribution in [0, 0.1) is 6.92 Å². The fourth-order valence-electron chi connectivity index (χ4n) is 0.547. The van der Waals surface area contributed by atoms with Gasteiger partial charge in [-0.15, -0.1) is 11.3 Å². The van der Waals surface area contributed by atoms with E-state index in [-0.39, 0.29) is 5.24 Å². The van der Waals surface area contributed by atoms with E-state index >= 15 is 0 Å². The van der Waals surface area contributed by atoms with Crippen LogP contribution in [0.4, 0.5) is 4.79 Å². The van der Waals surface area contributed by atoms with E-state index in [1.165, 1.54) is 23.1 Å². The van der Waals surface area contributed by atoms with Gasteiger partial charge in [0.25, 0.3) is 5.24 Å². The maximum absolute atomic E-state index is 11.2. The highest BCUT2D eigenvalue weighted by molar-refractivity contribution is 8.14. The number of aryl methyl sites for hydroxylation is 1. The molecule has 0 aliphatic heterocycles. The third-order valence-electron chi connectivity index (χ3n) is 1.14. The van der Waals surface area contributed by atoms with Gasteiger partial charge in [0.15, 0.2) is 4.34 Å². The average Bonchev–Trinajstić information content (AvgIpc) is 2.35. The first-order chi connectivity index (χ1) is 5.59. The van der Waals surface area contributed by atoms with Crippen molar-refractivity contribution < 1.29 is 4.79 Å². The molecule has 0 saturated carbocycles. The van der Waals surface area contributed by atoms with Crippen molar-refractivity contribution >= 4 is 28.3 Å². The molecule has 0 N–H and O–H groups in total. The van der Waals surface area contributed by atoms with Crippen LogP contribution in [-0.4, -0.2) is 29.2 Å². The van der Waals surface area contributed by atoms with Crippen LogP contribution in [0.1, 0.15) is 4.88 Å². The van der Waals surface area contributed by atoms with Gasteiger partial charge in [-0.1, -0.05) is 0 Å². The lowest BCUT2D eigenvalue weighted by atomic mass is 10.7. The molecule has 0 saturated heterocycles. The molecule has 3 nitrogen and oxygen atoms in total. The van der Waals surface area contributed by atoms with Gasteiger partial charge in [-0.05, 0) is 6.92 Å². The number of carbonyl (C=O) groups excluding carboxylic acids is 1. The molecule has 0 fully saturated rings. The molecule has 0 aliphatic rings. The molecule has 0 aromatic carbocycles. The van der Waals surface area contributed by atoms with Crippen molar-refractivity contribution in [2.45, 2.75) is 11.3 Å². The third kappa shape index (κ3) is 2.49. The van der Waals surface area contributed by atoms with Crippen LogP contribution < -0.4 is 0 Å². The predicted molar refractivity (Wildman–Crippen MR) is 51.8 cm³/mol. The van der Waals surface area contributed by atoms with E-state index in [9.17, 15) is 4.79 Å². The second-order valence-electron chi connectivity index (χ2n) is 2.50. The van der Waals surface area contributed by atoms with Crippen LogP contribution in [0.2, 0.25) is 0 Å². The van der Waals surface area contributed by atoms with Gasteiger partial charge >= 0.3 is 0 Å². The molecule has 1 aromatic rings. The van der Waals surface area contributed by atoms with Crippen LogP contribution in [0.25, 0.3) is 0 Å². The minimum atomic E-state index is 0.0179. The third-order valence-corrected chi connectivity index (χ3v) is 3.17. The Hall–Kier alpha value is -0.550. The standard InChI is InChI=1S/C7H10N2OS2/c1-5-4-8-6(11-5)12-7(10)9(2)3/h4H,1-3H3. The zero-order chi connectivity index (χ0) is 9.14. The highest BCUT2D eigenvalue weighted by Gasteiger charge is 2.08. The summed E-state index contributed by atoms with van der Waals surface area (Å²) in [6.45, 7) is 1.97. The molecule has 1 aromatic heterocycles. The summed E-state index contributed by atoms with van der Waals surface area (Å²) in [5.41, 5.74) is 0. The van der Waals surface area contributed by atoms with E-state index in [2.05, 4.69) is 4.98 Å². The van der Waals surface area contributed by atoms with Gasteiger partial charge < -0.3 is 4.90 Å². The molecular formula is C7H10N2OS2. The van der Waals surface area contributed by atoms with Crippen molar-refractivity contribution in [2.24, 2.45) is 0 Å². The van der Waals surface area contributed by atoms with Gasteiger partial charge in [0.2, 0.25) is 0 Å². The maximum atomic E-state index is 11.2. The number of amides is 1. The molecule has 0 atom stereocenters. The Morgan fingerprint density at radius 3 is 2.75 bits per heavy atom. The first kappa shape index (κ1) is 9.54. The number of hydrogen-bond donors (Lipinski definition) is 0. The molecule has 0 aliphatic carbocycles. The molecule has 1 amide bonds. The fraction of sp³-hybridized carbons (Fsp3) is 0.429. The Labute approximate surface area is 79.8 Å². The summed E-state index contributed by atoms with van der Waals surface area (Å²) in [7, 11) is 3.46. The van der Waals surface area contributed by atoms with Crippen molar-refractivity contribution in [1.29, 1.82) is 0 Å². The minimum Gasteiger partial charge on any atom is -0.339 e. The summed E-state index contributed by atoms with van der Waals surface area (Å²) in [6, 6.07) is 0. The van der Waals surface area contributed by atoms with Crippen molar-refractivity contribution in [1.82, 2.24) is 9.88 Å². The second kappa shape index (κ2) is 3.91. The summed E-state index contributed by atoms with van der Waals surface area (Å²) in [5.74, 6) is 0. The van der Waals surface area contributed by atoms with Gasteiger partial charge in [-0.2, -0.15) is 0 Å². The molecule has 0 spiro atoms. The molecule has 0 radical (unpaired) electrons. The summed E-state index contributed by atoms with van der Waals surface area (Å²) in [5, 5.41) is 0.0179. The number of rotatable bonds is 1. The summed E-state index contributed by atoms with van der Waals surface area (Å²) < 4.78 is 0.811. The molecule has 66 valence electrons. The Balaban J connectivity index is 2.58. The maximum Gasteiger partial charge on any atom is 0.288 e. The van der Waals surface area contributed by atoms with Crippen LogP contribution in [0.5, 0.6) is 0 Å². The van der Waals surface area contributed by atoms with E-state index in [1.54, 1.807) is 25.2 Å². The Morgan fingerprint density at radius 2 is 2.33 bits per heavy atom. The lowest BCUT2D eigenvalue weighted by Gasteiger charge is -2.06. The number of thioether (sulfide) groups is 1. The Bertz CT molecular complexity index is 283. The highest BCUT2D eigenvalue weighted by Crippen LogP contribution is 2.24.